The summed E-state index contributed by atoms with van der Waals surface area (Å²) in [5.74, 6) is 1.17. The molecule has 2 saturated heterocycles. The van der Waals surface area contributed by atoms with Crippen molar-refractivity contribution in [2.24, 2.45) is 11.3 Å². The number of fused-ring (bicyclic) bond motifs is 2. The van der Waals surface area contributed by atoms with Crippen molar-refractivity contribution < 1.29 is 33.1 Å². The van der Waals surface area contributed by atoms with Crippen molar-refractivity contribution in [3.05, 3.63) is 125 Å². The van der Waals surface area contributed by atoms with Crippen molar-refractivity contribution in [2.75, 3.05) is 69.8 Å². The number of rotatable bonds is 25. The molecule has 1 aliphatic carbocycles. The van der Waals surface area contributed by atoms with Gasteiger partial charge in [0, 0.05) is 72.8 Å². The lowest BCUT2D eigenvalue weighted by molar-refractivity contribution is -0.140. The summed E-state index contributed by atoms with van der Waals surface area (Å²) in [7, 11) is 0. The Balaban J connectivity index is 0.653. The second-order valence-electron chi connectivity index (χ2n) is 22.6. The Morgan fingerprint density at radius 1 is 0.902 bits per heavy atom. The molecule has 20 heteroatoms. The molecule has 3 fully saturated rings. The summed E-state index contributed by atoms with van der Waals surface area (Å²) >= 11 is 1.57. The van der Waals surface area contributed by atoms with Crippen LogP contribution in [-0.2, 0) is 32.2 Å². The first-order chi connectivity index (χ1) is 39.9. The van der Waals surface area contributed by atoms with E-state index in [1.54, 1.807) is 20.8 Å². The summed E-state index contributed by atoms with van der Waals surface area (Å²) in [6.45, 7) is 17.7. The van der Waals surface area contributed by atoms with Crippen LogP contribution in [0.5, 0.6) is 11.8 Å². The second kappa shape index (κ2) is 25.3. The van der Waals surface area contributed by atoms with Crippen LogP contribution in [0.1, 0.15) is 105 Å². The number of aromatic nitrogens is 7. The smallest absolute Gasteiger partial charge is 0.322 e. The van der Waals surface area contributed by atoms with E-state index in [9.17, 15) is 9.59 Å². The number of piperidine rings is 1. The van der Waals surface area contributed by atoms with Gasteiger partial charge in [0.2, 0.25) is 17.8 Å². The van der Waals surface area contributed by atoms with Gasteiger partial charge in [0.1, 0.15) is 36.2 Å². The third-order valence-corrected chi connectivity index (χ3v) is 16.9. The first-order valence-corrected chi connectivity index (χ1v) is 29.7. The van der Waals surface area contributed by atoms with Crippen molar-refractivity contribution in [3.8, 4) is 33.5 Å². The van der Waals surface area contributed by atoms with E-state index < -0.39 is 12.0 Å². The fourth-order valence-corrected chi connectivity index (χ4v) is 12.1. The van der Waals surface area contributed by atoms with Gasteiger partial charge in [0.05, 0.1) is 60.1 Å². The highest BCUT2D eigenvalue weighted by atomic mass is 32.1. The molecule has 4 N–H and O–H groups in total. The number of likely N-dealkylation sites (tertiary alicyclic amines) is 1. The quantitative estimate of drug-likeness (QED) is 0.0392. The van der Waals surface area contributed by atoms with Crippen molar-refractivity contribution in [2.45, 2.75) is 111 Å². The number of anilines is 2. The molecule has 3 aliphatic rings. The van der Waals surface area contributed by atoms with E-state index in [2.05, 4.69) is 80.7 Å². The van der Waals surface area contributed by atoms with Crippen LogP contribution in [0.3, 0.4) is 0 Å². The molecule has 0 unspecified atom stereocenters. The van der Waals surface area contributed by atoms with Crippen LogP contribution in [0.2, 0.25) is 0 Å². The van der Waals surface area contributed by atoms with E-state index in [-0.39, 0.29) is 41.7 Å². The molecular formula is C62H74N12O7S. The van der Waals surface area contributed by atoms with Gasteiger partial charge in [-0.15, -0.1) is 11.3 Å². The minimum absolute atomic E-state index is 0.00237. The van der Waals surface area contributed by atoms with Crippen LogP contribution in [0.25, 0.3) is 38.1 Å². The van der Waals surface area contributed by atoms with E-state index in [0.717, 1.165) is 111 Å². The number of benzene rings is 3. The summed E-state index contributed by atoms with van der Waals surface area (Å²) in [6.07, 6.45) is 8.42. The van der Waals surface area contributed by atoms with E-state index in [4.69, 9.17) is 38.4 Å². The minimum atomic E-state index is -0.572. The number of carbonyl (C=O) groups is 2. The molecule has 0 radical (unpaired) electrons. The van der Waals surface area contributed by atoms with Crippen LogP contribution in [0.15, 0.2) is 95.2 Å². The van der Waals surface area contributed by atoms with Gasteiger partial charge in [-0.1, -0.05) is 75.3 Å². The standard InChI is InChI=1S/C62H74N12O7S/c1-38(2)50-35-69-74-57(50)70-61(80-47-11-9-20-63-34-47)71-60(74)67-32-44-10-7-8-12-48(44)55-49-16-15-46(29-42(49)17-21-65-55)64-22-23-77-24-25-78-26-27-79-52-30-43(56-41(6)68-37-82-56)13-14-45(52)33-66-58(75)51-31-62(18-19-62)36-73(51)59(76)54(39(3)4)53-28-40(5)72-81-53/h7-8,10,12-17,21,28-30,35,37-39,47,51,54,63-64H,9,11,18-20,22-27,31-34,36H2,1-6H3,(H,66,75)(H,67,70,71)/t47-,51+,54+/m1/s1. The number of thiazole rings is 1. The summed E-state index contributed by atoms with van der Waals surface area (Å²) < 4.78 is 32.0. The average molecular weight is 1130 g/mol. The number of nitrogens with zero attached hydrogens (tertiary/aromatic N) is 8. The molecular weight excluding hydrogens is 1060 g/mol. The van der Waals surface area contributed by atoms with Gasteiger partial charge in [-0.3, -0.25) is 14.6 Å². The first kappa shape index (κ1) is 56.3. The fourth-order valence-electron chi connectivity index (χ4n) is 11.3. The van der Waals surface area contributed by atoms with Crippen LogP contribution in [0, 0.1) is 25.2 Å². The highest BCUT2D eigenvalue weighted by molar-refractivity contribution is 7.13. The van der Waals surface area contributed by atoms with Gasteiger partial charge >= 0.3 is 6.01 Å². The van der Waals surface area contributed by atoms with Gasteiger partial charge in [-0.05, 0) is 111 Å². The van der Waals surface area contributed by atoms with Gasteiger partial charge in [0.15, 0.2) is 5.65 Å². The number of nitrogens with one attached hydrogen (secondary N) is 4. The van der Waals surface area contributed by atoms with Crippen LogP contribution in [0.4, 0.5) is 11.6 Å². The van der Waals surface area contributed by atoms with Crippen LogP contribution < -0.4 is 30.7 Å². The fraction of sp³-hybridized carbons (Fsp3) is 0.452. The van der Waals surface area contributed by atoms with E-state index in [1.807, 2.05) is 88.1 Å². The van der Waals surface area contributed by atoms with Crippen LogP contribution >= 0.6 is 11.3 Å². The molecule has 1 saturated carbocycles. The maximum atomic E-state index is 14.2. The Morgan fingerprint density at radius 2 is 1.74 bits per heavy atom. The number of ether oxygens (including phenoxy) is 4. The lowest BCUT2D eigenvalue weighted by Crippen LogP contribution is -2.48. The third kappa shape index (κ3) is 12.9. The molecule has 82 heavy (non-hydrogen) atoms. The molecule has 11 rings (SSSR count). The highest BCUT2D eigenvalue weighted by Gasteiger charge is 2.56. The zero-order valence-electron chi connectivity index (χ0n) is 47.7. The average Bonchev–Trinajstić information content (AvgIpc) is 3.89. The van der Waals surface area contributed by atoms with Crippen LogP contribution in [-0.4, -0.2) is 123 Å². The number of carbonyl (C=O) groups excluding carboxylic acids is 2. The molecule has 5 aromatic heterocycles. The molecule has 8 aromatic rings. The SMILES string of the molecule is Cc1cc([C@@H](C(=O)N2CC3(CC3)C[C@H]2C(=O)NCc2ccc(-c3scnc3C)cc2OCCOCCOCCNc2ccc3c(-c4ccccc4CNc4nc(O[C@@H]5CCCNC5)nc5c(C(C)C)cnn45)nccc3c2)C(C)C)on1. The first-order valence-electron chi connectivity index (χ1n) is 28.8. The van der Waals surface area contributed by atoms with E-state index in [0.29, 0.717) is 82.6 Å². The summed E-state index contributed by atoms with van der Waals surface area (Å²) in [5.41, 5.74) is 11.0. The zero-order chi connectivity index (χ0) is 56.7. The minimum Gasteiger partial charge on any atom is -0.491 e. The van der Waals surface area contributed by atoms with Crippen molar-refractivity contribution in [1.29, 1.82) is 0 Å². The molecule has 430 valence electrons. The molecule has 1 spiro atoms. The Labute approximate surface area is 482 Å². The Hall–Kier alpha value is -7.52. The molecule has 7 heterocycles. The largest absolute Gasteiger partial charge is 0.491 e. The summed E-state index contributed by atoms with van der Waals surface area (Å²) in [6, 6.07) is 24.3. The Morgan fingerprint density at radius 3 is 2.51 bits per heavy atom. The zero-order valence-corrected chi connectivity index (χ0v) is 48.5. The topological polar surface area (TPSA) is 217 Å². The Bertz CT molecular complexity index is 3510. The van der Waals surface area contributed by atoms with Gasteiger partial charge in [-0.25, -0.2) is 4.98 Å². The molecule has 2 aliphatic heterocycles. The number of hydrogen-bond donors (Lipinski definition) is 4. The van der Waals surface area contributed by atoms with Crippen molar-refractivity contribution >= 4 is 51.2 Å². The summed E-state index contributed by atoms with van der Waals surface area (Å²) in [4.78, 5) is 50.2. The van der Waals surface area contributed by atoms with E-state index >= 15 is 0 Å². The second-order valence-corrected chi connectivity index (χ2v) is 23.5. The van der Waals surface area contributed by atoms with Crippen molar-refractivity contribution in [3.63, 3.8) is 0 Å². The molecule has 3 atom stereocenters. The van der Waals surface area contributed by atoms with E-state index in [1.165, 1.54) is 0 Å². The monoisotopic (exact) mass is 1130 g/mol. The third-order valence-electron chi connectivity index (χ3n) is 15.9. The van der Waals surface area contributed by atoms with Gasteiger partial charge in [-0.2, -0.15) is 19.6 Å². The maximum Gasteiger partial charge on any atom is 0.322 e. The maximum absolute atomic E-state index is 14.2. The number of amides is 2. The molecule has 2 amide bonds. The number of aryl methyl sites for hydroxylation is 2. The number of pyridine rings is 1. The van der Waals surface area contributed by atoms with Crippen molar-refractivity contribution in [1.82, 2.24) is 50.2 Å². The summed E-state index contributed by atoms with van der Waals surface area (Å²) in [5, 5.41) is 24.5. The molecule has 19 nitrogen and oxygen atoms in total. The lowest BCUT2D eigenvalue weighted by Gasteiger charge is -2.29. The Kier molecular flexibility index (Phi) is 17.4. The van der Waals surface area contributed by atoms with Gasteiger partial charge < -0.3 is 49.6 Å². The number of hydrogen-bond acceptors (Lipinski definition) is 17. The predicted molar refractivity (Wildman–Crippen MR) is 316 cm³/mol. The van der Waals surface area contributed by atoms with Gasteiger partial charge in [0.25, 0.3) is 0 Å². The predicted octanol–water partition coefficient (Wildman–Crippen LogP) is 9.90. The lowest BCUT2D eigenvalue weighted by atomic mass is 9.91. The highest BCUT2D eigenvalue weighted by Crippen LogP contribution is 2.55. The molecule has 3 aromatic carbocycles. The normalized spacial score (nSPS) is 17.0. The molecule has 0 bridgehead atoms.